The van der Waals surface area contributed by atoms with E-state index in [1.807, 2.05) is 31.7 Å². The van der Waals surface area contributed by atoms with Gasteiger partial charge in [-0.3, -0.25) is 4.79 Å². The molecule has 9 heteroatoms. The zero-order chi connectivity index (χ0) is 27.5. The molecule has 1 aromatic carbocycles. The highest BCUT2D eigenvalue weighted by Crippen LogP contribution is 2.43. The molecule has 4 heterocycles. The molecule has 3 aliphatic rings. The second-order valence-electron chi connectivity index (χ2n) is 10.9. The molecule has 0 spiro atoms. The van der Waals surface area contributed by atoms with E-state index in [2.05, 4.69) is 9.80 Å². The van der Waals surface area contributed by atoms with Gasteiger partial charge in [-0.2, -0.15) is 5.10 Å². The molecule has 0 radical (unpaired) electrons. The molecule has 2 N–H and O–H groups in total. The van der Waals surface area contributed by atoms with Crippen LogP contribution in [-0.4, -0.2) is 76.4 Å². The molecule has 0 atom stereocenters. The first-order chi connectivity index (χ1) is 19.0. The summed E-state index contributed by atoms with van der Waals surface area (Å²) in [6.07, 6.45) is 8.24. The standard InChI is InChI=1S/C29H36FN5O2.C2H6.H2O.H2/c1-19(36)25-18-26(34-14-10-22(11-15-34)33-16-12-24(37-2)13-17-33)27-28(20-4-3-5-20)32-35(29(27)31-25)23-8-6-21(30)7-9-23;1-2;;/h6-9,18,20,22,24H,3-5,10-17H2,1-2H3;1-2H3;1H2;1H. The molecular formula is C31H46FN5O3. The molecule has 3 fully saturated rings. The number of halogens is 1. The number of anilines is 1. The van der Waals surface area contributed by atoms with Crippen LogP contribution in [0.4, 0.5) is 10.1 Å². The van der Waals surface area contributed by atoms with Crippen molar-refractivity contribution in [3.63, 3.8) is 0 Å². The Labute approximate surface area is 238 Å². The van der Waals surface area contributed by atoms with Gasteiger partial charge in [0.15, 0.2) is 11.4 Å². The van der Waals surface area contributed by atoms with Crippen LogP contribution in [0.5, 0.6) is 0 Å². The van der Waals surface area contributed by atoms with Crippen LogP contribution < -0.4 is 4.90 Å². The number of methoxy groups -OCH3 is 1. The summed E-state index contributed by atoms with van der Waals surface area (Å²) >= 11 is 0. The molecule has 2 aliphatic heterocycles. The number of benzene rings is 1. The van der Waals surface area contributed by atoms with E-state index in [0.717, 1.165) is 87.2 Å². The number of carbonyl (C=O) groups is 1. The number of fused-ring (bicyclic) bond motifs is 1. The number of aromatic nitrogens is 3. The van der Waals surface area contributed by atoms with Crippen molar-refractivity contribution in [1.82, 2.24) is 19.7 Å². The average molecular weight is 556 g/mol. The fourth-order valence-electron chi connectivity index (χ4n) is 6.23. The van der Waals surface area contributed by atoms with Gasteiger partial charge in [0.2, 0.25) is 0 Å². The zero-order valence-corrected chi connectivity index (χ0v) is 24.3. The van der Waals surface area contributed by atoms with Crippen molar-refractivity contribution >= 4 is 22.5 Å². The molecule has 0 amide bonds. The number of ketones is 1. The van der Waals surface area contributed by atoms with Crippen LogP contribution in [-0.2, 0) is 4.74 Å². The van der Waals surface area contributed by atoms with Crippen LogP contribution in [0.25, 0.3) is 16.7 Å². The summed E-state index contributed by atoms with van der Waals surface area (Å²) in [5.41, 5.74) is 4.04. The van der Waals surface area contributed by atoms with E-state index < -0.39 is 0 Å². The van der Waals surface area contributed by atoms with E-state index in [-0.39, 0.29) is 18.5 Å². The van der Waals surface area contributed by atoms with Crippen LogP contribution in [0, 0.1) is 5.82 Å². The highest BCUT2D eigenvalue weighted by atomic mass is 19.1. The second kappa shape index (κ2) is 13.2. The number of Topliss-reactive ketones (excluding diaryl/α,β-unsaturated/α-hetero) is 1. The molecule has 220 valence electrons. The fraction of sp³-hybridized carbons (Fsp3) is 0.581. The van der Waals surface area contributed by atoms with Crippen molar-refractivity contribution in [2.24, 2.45) is 0 Å². The maximum Gasteiger partial charge on any atom is 0.178 e. The van der Waals surface area contributed by atoms with Gasteiger partial charge in [0, 0.05) is 53.6 Å². The van der Waals surface area contributed by atoms with E-state index in [1.165, 1.54) is 18.6 Å². The van der Waals surface area contributed by atoms with Gasteiger partial charge < -0.3 is 20.0 Å². The lowest BCUT2D eigenvalue weighted by atomic mass is 9.82. The Hall–Kier alpha value is -2.88. The number of hydrogen-bond donors (Lipinski definition) is 0. The van der Waals surface area contributed by atoms with Gasteiger partial charge in [-0.1, -0.05) is 20.3 Å². The van der Waals surface area contributed by atoms with Crippen LogP contribution in [0.15, 0.2) is 30.3 Å². The van der Waals surface area contributed by atoms with Crippen LogP contribution in [0.1, 0.15) is 89.2 Å². The predicted octanol–water partition coefficient (Wildman–Crippen LogP) is 5.56. The highest BCUT2D eigenvalue weighted by molar-refractivity contribution is 6.00. The lowest BCUT2D eigenvalue weighted by Gasteiger charge is -2.42. The summed E-state index contributed by atoms with van der Waals surface area (Å²) in [5.74, 6) is 0.0514. The molecule has 6 rings (SSSR count). The molecule has 0 unspecified atom stereocenters. The van der Waals surface area contributed by atoms with Gasteiger partial charge in [-0.15, -0.1) is 0 Å². The molecule has 2 aromatic heterocycles. The SMILES string of the molecule is CC.COC1CCN(C2CCN(c3cc(C(C)=O)nc4c3c(C3CCC3)nn4-c3ccc(F)cc3)CC2)CC1.O.[HH]. The van der Waals surface area contributed by atoms with Crippen molar-refractivity contribution in [3.05, 3.63) is 47.5 Å². The number of ether oxygens (including phenoxy) is 1. The summed E-state index contributed by atoms with van der Waals surface area (Å²) in [6.45, 7) is 9.66. The first-order valence-corrected chi connectivity index (χ1v) is 14.7. The maximum atomic E-state index is 13.7. The minimum absolute atomic E-state index is 0. The number of carbonyl (C=O) groups excluding carboxylic acids is 1. The average Bonchev–Trinajstić information content (AvgIpc) is 3.32. The molecular weight excluding hydrogens is 509 g/mol. The number of likely N-dealkylation sites (tertiary alicyclic amines) is 1. The summed E-state index contributed by atoms with van der Waals surface area (Å²) < 4.78 is 21.1. The van der Waals surface area contributed by atoms with E-state index in [9.17, 15) is 9.18 Å². The topological polar surface area (TPSA) is 95.0 Å². The molecule has 1 aliphatic carbocycles. The van der Waals surface area contributed by atoms with Gasteiger partial charge >= 0.3 is 0 Å². The van der Waals surface area contributed by atoms with Gasteiger partial charge in [0.1, 0.15) is 11.5 Å². The molecule has 8 nitrogen and oxygen atoms in total. The Kier molecular flexibility index (Phi) is 9.92. The number of hydrogen-bond acceptors (Lipinski definition) is 6. The number of rotatable bonds is 6. The van der Waals surface area contributed by atoms with Gasteiger partial charge in [0.05, 0.1) is 28.6 Å². The summed E-state index contributed by atoms with van der Waals surface area (Å²) in [6, 6.07) is 8.92. The Morgan fingerprint density at radius 1 is 1.00 bits per heavy atom. The normalized spacial score (nSPS) is 19.1. The monoisotopic (exact) mass is 555 g/mol. The van der Waals surface area contributed by atoms with Gasteiger partial charge in [-0.05, 0) is 68.9 Å². The van der Waals surface area contributed by atoms with Gasteiger partial charge in [0.25, 0.3) is 0 Å². The number of nitrogens with zero attached hydrogens (tertiary/aromatic N) is 5. The highest BCUT2D eigenvalue weighted by Gasteiger charge is 2.33. The third-order valence-electron chi connectivity index (χ3n) is 8.70. The number of piperidine rings is 2. The summed E-state index contributed by atoms with van der Waals surface area (Å²) in [7, 11) is 1.82. The zero-order valence-electron chi connectivity index (χ0n) is 24.3. The second-order valence-corrected chi connectivity index (χ2v) is 10.9. The van der Waals surface area contributed by atoms with Crippen molar-refractivity contribution in [2.75, 3.05) is 38.2 Å². The predicted molar refractivity (Wildman–Crippen MR) is 159 cm³/mol. The Morgan fingerprint density at radius 3 is 2.20 bits per heavy atom. The minimum atomic E-state index is -0.285. The third kappa shape index (κ3) is 5.92. The van der Waals surface area contributed by atoms with E-state index in [0.29, 0.717) is 29.4 Å². The third-order valence-corrected chi connectivity index (χ3v) is 8.70. The van der Waals surface area contributed by atoms with E-state index >= 15 is 0 Å². The van der Waals surface area contributed by atoms with Crippen LogP contribution >= 0.6 is 0 Å². The quantitative estimate of drug-likeness (QED) is 0.370. The lowest BCUT2D eigenvalue weighted by Crippen LogP contribution is -2.48. The van der Waals surface area contributed by atoms with Crippen LogP contribution in [0.3, 0.4) is 0 Å². The van der Waals surface area contributed by atoms with Crippen molar-refractivity contribution in [2.45, 2.75) is 83.8 Å². The smallest absolute Gasteiger partial charge is 0.178 e. The van der Waals surface area contributed by atoms with Gasteiger partial charge in [-0.25, -0.2) is 14.1 Å². The molecule has 2 saturated heterocycles. The lowest BCUT2D eigenvalue weighted by molar-refractivity contribution is 0.0233. The molecule has 0 bridgehead atoms. The van der Waals surface area contributed by atoms with Crippen molar-refractivity contribution in [1.29, 1.82) is 0 Å². The molecule has 1 saturated carbocycles. The first-order valence-electron chi connectivity index (χ1n) is 14.7. The molecule has 3 aromatic rings. The summed E-state index contributed by atoms with van der Waals surface area (Å²) in [4.78, 5) is 22.4. The molecule has 40 heavy (non-hydrogen) atoms. The fourth-order valence-corrected chi connectivity index (χ4v) is 6.23. The Bertz CT molecular complexity index is 1280. The largest absolute Gasteiger partial charge is 0.412 e. The maximum absolute atomic E-state index is 13.7. The van der Waals surface area contributed by atoms with Crippen molar-refractivity contribution < 1.29 is 20.8 Å². The Balaban J connectivity index is 0.00000113. The summed E-state index contributed by atoms with van der Waals surface area (Å²) in [5, 5.41) is 6.10. The Morgan fingerprint density at radius 2 is 1.65 bits per heavy atom. The van der Waals surface area contributed by atoms with Crippen molar-refractivity contribution in [3.8, 4) is 5.69 Å². The first kappa shape index (κ1) is 30.1. The number of pyridine rings is 1. The van der Waals surface area contributed by atoms with E-state index in [1.54, 1.807) is 19.1 Å². The van der Waals surface area contributed by atoms with E-state index in [4.69, 9.17) is 14.8 Å². The minimum Gasteiger partial charge on any atom is -0.412 e. The van der Waals surface area contributed by atoms with Crippen LogP contribution in [0.2, 0.25) is 0 Å².